The lowest BCUT2D eigenvalue weighted by molar-refractivity contribution is -0.118. The number of fused-ring (bicyclic) bond motifs is 1. The maximum atomic E-state index is 10.6. The van der Waals surface area contributed by atoms with Crippen LogP contribution in [0, 0.1) is 6.92 Å². The predicted octanol–water partition coefficient (Wildman–Crippen LogP) is 2.29. The average molecular weight is 271 g/mol. The molecule has 4 nitrogen and oxygen atoms in total. The molecule has 0 saturated heterocycles. The molecule has 0 radical (unpaired) electrons. The minimum atomic E-state index is -0.220. The van der Waals surface area contributed by atoms with Gasteiger partial charge < -0.3 is 11.1 Å². The maximum absolute atomic E-state index is 10.6. The highest BCUT2D eigenvalue weighted by Gasteiger charge is 1.99. The number of hydrogen-bond acceptors (Lipinski definition) is 3. The molecule has 0 bridgehead atoms. The number of benzene rings is 1. The Labute approximate surface area is 119 Å². The van der Waals surface area contributed by atoms with E-state index in [1.807, 2.05) is 13.0 Å². The predicted molar refractivity (Wildman–Crippen MR) is 81.2 cm³/mol. The van der Waals surface area contributed by atoms with Crippen molar-refractivity contribution in [2.24, 2.45) is 5.73 Å². The third-order valence-electron chi connectivity index (χ3n) is 3.25. The van der Waals surface area contributed by atoms with E-state index in [0.29, 0.717) is 6.42 Å². The van der Waals surface area contributed by atoms with Crippen molar-refractivity contribution < 1.29 is 4.79 Å². The summed E-state index contributed by atoms with van der Waals surface area (Å²) in [7, 11) is 0. The number of unbranched alkanes of at least 4 members (excludes halogenated alkanes) is 1. The lowest BCUT2D eigenvalue weighted by Crippen LogP contribution is -2.16. The van der Waals surface area contributed by atoms with Gasteiger partial charge in [0, 0.05) is 24.0 Å². The second-order valence-electron chi connectivity index (χ2n) is 5.08. The van der Waals surface area contributed by atoms with Crippen molar-refractivity contribution in [3.63, 3.8) is 0 Å². The number of rotatable bonds is 7. The number of nitrogens with one attached hydrogen (secondary N) is 1. The summed E-state index contributed by atoms with van der Waals surface area (Å²) in [5.41, 5.74) is 8.42. The zero-order valence-corrected chi connectivity index (χ0v) is 11.9. The van der Waals surface area contributed by atoms with E-state index in [4.69, 9.17) is 5.73 Å². The fourth-order valence-corrected chi connectivity index (χ4v) is 2.17. The van der Waals surface area contributed by atoms with Gasteiger partial charge in [-0.05, 0) is 50.1 Å². The molecule has 1 amide bonds. The van der Waals surface area contributed by atoms with Gasteiger partial charge in [0.15, 0.2) is 0 Å². The molecule has 1 heterocycles. The topological polar surface area (TPSA) is 68.0 Å². The molecule has 0 spiro atoms. The Kier molecular flexibility index (Phi) is 5.07. The molecule has 0 aliphatic rings. The Morgan fingerprint density at radius 2 is 2.10 bits per heavy atom. The van der Waals surface area contributed by atoms with Crippen LogP contribution in [0.25, 0.3) is 10.9 Å². The average Bonchev–Trinajstić information content (AvgIpc) is 2.42. The van der Waals surface area contributed by atoms with Gasteiger partial charge in [-0.25, -0.2) is 0 Å². The first-order valence-corrected chi connectivity index (χ1v) is 7.00. The molecule has 0 atom stereocenters. The van der Waals surface area contributed by atoms with E-state index >= 15 is 0 Å². The van der Waals surface area contributed by atoms with Crippen LogP contribution in [0.1, 0.15) is 30.5 Å². The fourth-order valence-electron chi connectivity index (χ4n) is 2.17. The van der Waals surface area contributed by atoms with Crippen LogP contribution in [0.4, 0.5) is 0 Å². The second-order valence-corrected chi connectivity index (χ2v) is 5.08. The number of carbonyl (C=O) groups is 1. The SMILES string of the molecule is Cc1ccc2cc(CNCCCCC(N)=O)ccc2n1. The first-order valence-electron chi connectivity index (χ1n) is 7.00. The largest absolute Gasteiger partial charge is 0.370 e. The third-order valence-corrected chi connectivity index (χ3v) is 3.25. The lowest BCUT2D eigenvalue weighted by atomic mass is 10.1. The van der Waals surface area contributed by atoms with E-state index in [9.17, 15) is 4.79 Å². The first kappa shape index (κ1) is 14.5. The summed E-state index contributed by atoms with van der Waals surface area (Å²) in [4.78, 5) is 15.1. The number of nitrogens with zero attached hydrogens (tertiary/aromatic N) is 1. The number of pyridine rings is 1. The van der Waals surface area contributed by atoms with Crippen LogP contribution in [0.15, 0.2) is 30.3 Å². The number of aryl methyl sites for hydroxylation is 1. The van der Waals surface area contributed by atoms with Gasteiger partial charge in [-0.1, -0.05) is 12.1 Å². The zero-order valence-electron chi connectivity index (χ0n) is 11.9. The molecule has 3 N–H and O–H groups in total. The van der Waals surface area contributed by atoms with Crippen molar-refractivity contribution in [2.75, 3.05) is 6.54 Å². The van der Waals surface area contributed by atoms with Gasteiger partial charge in [-0.2, -0.15) is 0 Å². The Hall–Kier alpha value is -1.94. The molecule has 0 unspecified atom stereocenters. The van der Waals surface area contributed by atoms with Gasteiger partial charge in [0.25, 0.3) is 0 Å². The number of amides is 1. The molecule has 106 valence electrons. The van der Waals surface area contributed by atoms with Crippen molar-refractivity contribution >= 4 is 16.8 Å². The van der Waals surface area contributed by atoms with Gasteiger partial charge >= 0.3 is 0 Å². The van der Waals surface area contributed by atoms with E-state index in [0.717, 1.165) is 37.1 Å². The second kappa shape index (κ2) is 7.01. The minimum Gasteiger partial charge on any atom is -0.370 e. The summed E-state index contributed by atoms with van der Waals surface area (Å²) in [6.07, 6.45) is 2.29. The summed E-state index contributed by atoms with van der Waals surface area (Å²) in [6.45, 7) is 3.73. The van der Waals surface area contributed by atoms with Gasteiger partial charge in [0.2, 0.25) is 5.91 Å². The van der Waals surface area contributed by atoms with Crippen LogP contribution >= 0.6 is 0 Å². The minimum absolute atomic E-state index is 0.220. The van der Waals surface area contributed by atoms with E-state index in [1.54, 1.807) is 0 Å². The zero-order chi connectivity index (χ0) is 14.4. The number of hydrogen-bond donors (Lipinski definition) is 2. The smallest absolute Gasteiger partial charge is 0.217 e. The molecule has 2 rings (SSSR count). The Morgan fingerprint density at radius 1 is 1.25 bits per heavy atom. The van der Waals surface area contributed by atoms with E-state index < -0.39 is 0 Å². The summed E-state index contributed by atoms with van der Waals surface area (Å²) in [5.74, 6) is -0.220. The standard InChI is InChI=1S/C16H21N3O/c1-12-5-7-14-10-13(6-8-15(14)19-12)11-18-9-3-2-4-16(17)20/h5-8,10,18H,2-4,9,11H2,1H3,(H2,17,20). The van der Waals surface area contributed by atoms with E-state index in [2.05, 4.69) is 34.6 Å². The summed E-state index contributed by atoms with van der Waals surface area (Å²) < 4.78 is 0. The summed E-state index contributed by atoms with van der Waals surface area (Å²) >= 11 is 0. The molecule has 0 saturated carbocycles. The van der Waals surface area contributed by atoms with Crippen molar-refractivity contribution in [1.82, 2.24) is 10.3 Å². The Morgan fingerprint density at radius 3 is 2.90 bits per heavy atom. The molecular weight excluding hydrogens is 250 g/mol. The Balaban J connectivity index is 1.81. The highest BCUT2D eigenvalue weighted by Crippen LogP contribution is 2.14. The van der Waals surface area contributed by atoms with Gasteiger partial charge in [0.1, 0.15) is 0 Å². The maximum Gasteiger partial charge on any atom is 0.217 e. The number of carbonyl (C=O) groups excluding carboxylic acids is 1. The van der Waals surface area contributed by atoms with Crippen LogP contribution < -0.4 is 11.1 Å². The Bertz CT molecular complexity index is 595. The van der Waals surface area contributed by atoms with E-state index in [-0.39, 0.29) is 5.91 Å². The molecule has 2 aromatic rings. The van der Waals surface area contributed by atoms with Gasteiger partial charge in [0.05, 0.1) is 5.52 Å². The molecule has 0 fully saturated rings. The van der Waals surface area contributed by atoms with E-state index in [1.165, 1.54) is 10.9 Å². The number of nitrogens with two attached hydrogens (primary N) is 1. The fraction of sp³-hybridized carbons (Fsp3) is 0.375. The van der Waals surface area contributed by atoms with Crippen LogP contribution in [-0.4, -0.2) is 17.4 Å². The molecular formula is C16H21N3O. The van der Waals surface area contributed by atoms with Gasteiger partial charge in [-0.3, -0.25) is 9.78 Å². The molecule has 20 heavy (non-hydrogen) atoms. The molecule has 0 aliphatic heterocycles. The van der Waals surface area contributed by atoms with Crippen molar-refractivity contribution in [3.05, 3.63) is 41.6 Å². The summed E-state index contributed by atoms with van der Waals surface area (Å²) in [5, 5.41) is 4.55. The molecule has 4 heteroatoms. The summed E-state index contributed by atoms with van der Waals surface area (Å²) in [6, 6.07) is 10.5. The molecule has 1 aromatic heterocycles. The van der Waals surface area contributed by atoms with Crippen LogP contribution in [0.2, 0.25) is 0 Å². The third kappa shape index (κ3) is 4.31. The number of aromatic nitrogens is 1. The lowest BCUT2D eigenvalue weighted by Gasteiger charge is -2.06. The number of primary amides is 1. The van der Waals surface area contributed by atoms with Gasteiger partial charge in [-0.15, -0.1) is 0 Å². The van der Waals surface area contributed by atoms with Crippen molar-refractivity contribution in [1.29, 1.82) is 0 Å². The molecule has 1 aromatic carbocycles. The normalized spacial score (nSPS) is 10.8. The van der Waals surface area contributed by atoms with Crippen molar-refractivity contribution in [3.8, 4) is 0 Å². The first-order chi connectivity index (χ1) is 9.65. The van der Waals surface area contributed by atoms with Crippen LogP contribution in [-0.2, 0) is 11.3 Å². The van der Waals surface area contributed by atoms with Crippen LogP contribution in [0.5, 0.6) is 0 Å². The van der Waals surface area contributed by atoms with Crippen LogP contribution in [0.3, 0.4) is 0 Å². The monoisotopic (exact) mass is 271 g/mol. The van der Waals surface area contributed by atoms with Crippen molar-refractivity contribution in [2.45, 2.75) is 32.7 Å². The highest BCUT2D eigenvalue weighted by molar-refractivity contribution is 5.79. The molecule has 0 aliphatic carbocycles. The quantitative estimate of drug-likeness (QED) is 0.759. The highest BCUT2D eigenvalue weighted by atomic mass is 16.1.